The molecule has 7 nitrogen and oxygen atoms in total. The summed E-state index contributed by atoms with van der Waals surface area (Å²) in [5, 5.41) is 10.8. The number of hydrogen-bond acceptors (Lipinski definition) is 5. The van der Waals surface area contributed by atoms with Gasteiger partial charge in [0.25, 0.3) is 5.56 Å². The monoisotopic (exact) mass is 549 g/mol. The first-order valence-corrected chi connectivity index (χ1v) is 10.9. The number of aliphatic hydroxyl groups is 1. The lowest BCUT2D eigenvalue weighted by Gasteiger charge is -2.31. The van der Waals surface area contributed by atoms with Crippen molar-refractivity contribution in [3.05, 3.63) is 89.4 Å². The molecule has 9 heteroatoms. The van der Waals surface area contributed by atoms with E-state index in [-0.39, 0.29) is 29.4 Å². The van der Waals surface area contributed by atoms with Crippen molar-refractivity contribution in [2.75, 3.05) is 25.6 Å². The summed E-state index contributed by atoms with van der Waals surface area (Å²) in [5.74, 6) is 0.0122. The van der Waals surface area contributed by atoms with Gasteiger partial charge in [-0.05, 0) is 71.0 Å². The van der Waals surface area contributed by atoms with Gasteiger partial charge in [-0.1, -0.05) is 12.1 Å². The van der Waals surface area contributed by atoms with E-state index in [9.17, 15) is 19.1 Å². The Kier molecular flexibility index (Phi) is 5.85. The van der Waals surface area contributed by atoms with Crippen LogP contribution in [-0.4, -0.2) is 34.9 Å². The molecular formula is C23H21FIN3O4. The van der Waals surface area contributed by atoms with Gasteiger partial charge in [-0.25, -0.2) is 13.8 Å². The Morgan fingerprint density at radius 2 is 1.84 bits per heavy atom. The summed E-state index contributed by atoms with van der Waals surface area (Å²) >= 11 is 1.99. The van der Waals surface area contributed by atoms with Crippen LogP contribution < -0.4 is 20.9 Å². The van der Waals surface area contributed by atoms with E-state index in [0.717, 1.165) is 9.13 Å². The van der Waals surface area contributed by atoms with E-state index in [2.05, 4.69) is 0 Å². The van der Waals surface area contributed by atoms with E-state index >= 15 is 0 Å². The van der Waals surface area contributed by atoms with Gasteiger partial charge in [0, 0.05) is 17.2 Å². The molecular weight excluding hydrogens is 528 g/mol. The molecule has 0 saturated heterocycles. The number of anilines is 1. The zero-order chi connectivity index (χ0) is 23.2. The predicted molar refractivity (Wildman–Crippen MR) is 130 cm³/mol. The first kappa shape index (κ1) is 22.1. The molecule has 32 heavy (non-hydrogen) atoms. The van der Waals surface area contributed by atoms with E-state index in [1.807, 2.05) is 22.6 Å². The van der Waals surface area contributed by atoms with Crippen molar-refractivity contribution in [1.29, 1.82) is 0 Å². The van der Waals surface area contributed by atoms with E-state index < -0.39 is 17.1 Å². The van der Waals surface area contributed by atoms with Crippen LogP contribution in [0.4, 0.5) is 10.2 Å². The first-order valence-electron chi connectivity index (χ1n) is 9.81. The zero-order valence-electron chi connectivity index (χ0n) is 17.7. The second kappa shape index (κ2) is 8.45. The second-order valence-electron chi connectivity index (χ2n) is 7.64. The van der Waals surface area contributed by atoms with Gasteiger partial charge in [0.2, 0.25) is 0 Å². The van der Waals surface area contributed by atoms with Crippen LogP contribution in [0, 0.1) is 9.39 Å². The van der Waals surface area contributed by atoms with Gasteiger partial charge in [0.05, 0.1) is 19.3 Å². The molecule has 2 aromatic carbocycles. The maximum atomic E-state index is 15.0. The first-order chi connectivity index (χ1) is 15.2. The van der Waals surface area contributed by atoms with Gasteiger partial charge < -0.3 is 14.7 Å². The van der Waals surface area contributed by atoms with Crippen molar-refractivity contribution in [2.24, 2.45) is 0 Å². The second-order valence-corrected chi connectivity index (χ2v) is 8.88. The van der Waals surface area contributed by atoms with Gasteiger partial charge >= 0.3 is 5.69 Å². The Hall–Kier alpha value is -3.08. The molecule has 3 aromatic rings. The molecule has 0 amide bonds. The summed E-state index contributed by atoms with van der Waals surface area (Å²) in [5.41, 5.74) is -0.0720. The highest BCUT2D eigenvalue weighted by molar-refractivity contribution is 14.1. The van der Waals surface area contributed by atoms with Crippen LogP contribution in [0.2, 0.25) is 0 Å². The molecule has 0 spiro atoms. The average Bonchev–Trinajstić information content (AvgIpc) is 2.76. The quantitative estimate of drug-likeness (QED) is 0.505. The summed E-state index contributed by atoms with van der Waals surface area (Å²) < 4.78 is 23.0. The lowest BCUT2D eigenvalue weighted by Crippen LogP contribution is -2.46. The van der Waals surface area contributed by atoms with Crippen LogP contribution in [0.5, 0.6) is 5.75 Å². The van der Waals surface area contributed by atoms with Crippen molar-refractivity contribution >= 4 is 34.2 Å². The highest BCUT2D eigenvalue weighted by Crippen LogP contribution is 2.31. The predicted octanol–water partition coefficient (Wildman–Crippen LogP) is 3.54. The number of ether oxygens (including phenoxy) is 1. The number of hydrogen-bond donors (Lipinski definition) is 1. The van der Waals surface area contributed by atoms with Crippen molar-refractivity contribution in [2.45, 2.75) is 13.5 Å². The third-order valence-corrected chi connectivity index (χ3v) is 6.11. The standard InChI is InChI=1S/C23H21FIN3O4/c1-13-11-26(2)21-19(20(13)29)22(30)27(12-14-4-7-16(32-3)8-5-14)23(31)28(21)18-9-6-15(25)10-17(18)24/h4-10,29H,11-12H2,1-3H3. The molecule has 0 aliphatic carbocycles. The van der Waals surface area contributed by atoms with Crippen LogP contribution in [0.1, 0.15) is 18.1 Å². The molecule has 0 unspecified atom stereocenters. The SMILES string of the molecule is COc1ccc(Cn2c(=O)c3c(n(-c4ccc(I)cc4F)c2=O)N(C)CC(C)=C3O)cc1. The maximum absolute atomic E-state index is 15.0. The molecule has 0 radical (unpaired) electrons. The molecule has 2 heterocycles. The Balaban J connectivity index is 2.04. The average molecular weight is 549 g/mol. The van der Waals surface area contributed by atoms with Crippen molar-refractivity contribution in [3.8, 4) is 11.4 Å². The number of benzene rings is 2. The molecule has 0 atom stereocenters. The third kappa shape index (κ3) is 3.70. The molecule has 1 N–H and O–H groups in total. The normalized spacial score (nSPS) is 13.3. The number of halogens is 2. The maximum Gasteiger partial charge on any atom is 0.337 e. The third-order valence-electron chi connectivity index (χ3n) is 5.44. The van der Waals surface area contributed by atoms with Gasteiger partial charge in [0.1, 0.15) is 28.7 Å². The van der Waals surface area contributed by atoms with Crippen LogP contribution in [0.3, 0.4) is 0 Å². The summed E-state index contributed by atoms with van der Waals surface area (Å²) in [6, 6.07) is 11.4. The fourth-order valence-corrected chi connectivity index (χ4v) is 4.31. The minimum absolute atomic E-state index is 0.00866. The van der Waals surface area contributed by atoms with E-state index in [0.29, 0.717) is 27.0 Å². The van der Waals surface area contributed by atoms with Gasteiger partial charge in [-0.2, -0.15) is 0 Å². The Bertz CT molecular complexity index is 1360. The fourth-order valence-electron chi connectivity index (χ4n) is 3.86. The van der Waals surface area contributed by atoms with Crippen LogP contribution >= 0.6 is 22.6 Å². The summed E-state index contributed by atoms with van der Waals surface area (Å²) in [4.78, 5) is 28.6. The highest BCUT2D eigenvalue weighted by Gasteiger charge is 2.30. The number of likely N-dealkylation sites (N-methyl/N-ethyl adjacent to an activating group) is 1. The smallest absolute Gasteiger partial charge is 0.337 e. The number of aliphatic hydroxyl groups excluding tert-OH is 1. The molecule has 0 saturated carbocycles. The van der Waals surface area contributed by atoms with Crippen molar-refractivity contribution < 1.29 is 14.2 Å². The lowest BCUT2D eigenvalue weighted by atomic mass is 10.1. The van der Waals surface area contributed by atoms with Crippen LogP contribution in [-0.2, 0) is 6.54 Å². The van der Waals surface area contributed by atoms with Crippen LogP contribution in [0.25, 0.3) is 11.4 Å². The summed E-state index contributed by atoms with van der Waals surface area (Å²) in [6.07, 6.45) is 0. The number of aromatic nitrogens is 2. The van der Waals surface area contributed by atoms with Gasteiger partial charge in [-0.15, -0.1) is 0 Å². The number of methoxy groups -OCH3 is 1. The summed E-state index contributed by atoms with van der Waals surface area (Å²) in [7, 11) is 3.24. The number of rotatable bonds is 4. The largest absolute Gasteiger partial charge is 0.507 e. The van der Waals surface area contributed by atoms with E-state index in [1.165, 1.54) is 12.1 Å². The molecule has 166 valence electrons. The zero-order valence-corrected chi connectivity index (χ0v) is 19.9. The number of fused-ring (bicyclic) bond motifs is 1. The molecule has 1 aromatic heterocycles. The fraction of sp³-hybridized carbons (Fsp3) is 0.217. The Morgan fingerprint density at radius 3 is 2.47 bits per heavy atom. The van der Waals surface area contributed by atoms with E-state index in [1.54, 1.807) is 56.3 Å². The molecule has 1 aliphatic heterocycles. The van der Waals surface area contributed by atoms with Crippen LogP contribution in [0.15, 0.2) is 57.6 Å². The molecule has 1 aliphatic rings. The van der Waals surface area contributed by atoms with E-state index in [4.69, 9.17) is 4.74 Å². The Morgan fingerprint density at radius 1 is 1.16 bits per heavy atom. The minimum Gasteiger partial charge on any atom is -0.507 e. The molecule has 4 rings (SSSR count). The Labute approximate surface area is 197 Å². The molecule has 0 bridgehead atoms. The highest BCUT2D eigenvalue weighted by atomic mass is 127. The molecule has 0 fully saturated rings. The number of nitrogens with zero attached hydrogens (tertiary/aromatic N) is 3. The van der Waals surface area contributed by atoms with Gasteiger partial charge in [-0.3, -0.25) is 9.36 Å². The minimum atomic E-state index is -0.691. The van der Waals surface area contributed by atoms with Crippen molar-refractivity contribution in [1.82, 2.24) is 9.13 Å². The topological polar surface area (TPSA) is 76.7 Å². The van der Waals surface area contributed by atoms with Crippen molar-refractivity contribution in [3.63, 3.8) is 0 Å². The summed E-state index contributed by atoms with van der Waals surface area (Å²) in [6.45, 7) is 1.96. The van der Waals surface area contributed by atoms with Gasteiger partial charge in [0.15, 0.2) is 0 Å². The lowest BCUT2D eigenvalue weighted by molar-refractivity contribution is 0.414.